The van der Waals surface area contributed by atoms with Gasteiger partial charge in [0.1, 0.15) is 5.01 Å². The van der Waals surface area contributed by atoms with Crippen LogP contribution in [0.25, 0.3) is 10.7 Å². The summed E-state index contributed by atoms with van der Waals surface area (Å²) in [5, 5.41) is 0.999. The van der Waals surface area contributed by atoms with Crippen LogP contribution < -0.4 is 0 Å². The number of aromatic amines is 1. The molecule has 2 aromatic heterocycles. The van der Waals surface area contributed by atoms with E-state index in [1.165, 1.54) is 4.88 Å². The molecule has 74 valence electrons. The van der Waals surface area contributed by atoms with Gasteiger partial charge < -0.3 is 9.88 Å². The van der Waals surface area contributed by atoms with E-state index in [4.69, 9.17) is 0 Å². The molecule has 5 heteroatoms. The van der Waals surface area contributed by atoms with E-state index < -0.39 is 0 Å². The lowest BCUT2D eigenvalue weighted by Crippen LogP contribution is -2.09. The Labute approximate surface area is 86.6 Å². The van der Waals surface area contributed by atoms with Crippen molar-refractivity contribution in [1.29, 1.82) is 0 Å². The number of hydrogen-bond donors (Lipinski definition) is 1. The molecule has 0 unspecified atom stereocenters. The van der Waals surface area contributed by atoms with Gasteiger partial charge in [-0.2, -0.15) is 0 Å². The third kappa shape index (κ3) is 2.00. The molecule has 14 heavy (non-hydrogen) atoms. The highest BCUT2D eigenvalue weighted by molar-refractivity contribution is 7.14. The predicted molar refractivity (Wildman–Crippen MR) is 57.1 cm³/mol. The average molecular weight is 208 g/mol. The van der Waals surface area contributed by atoms with Gasteiger partial charge in [-0.15, -0.1) is 11.3 Å². The van der Waals surface area contributed by atoms with Gasteiger partial charge in [0.15, 0.2) is 0 Å². The van der Waals surface area contributed by atoms with Crippen LogP contribution in [0.4, 0.5) is 0 Å². The fourth-order valence-corrected chi connectivity index (χ4v) is 2.19. The molecule has 0 aromatic carbocycles. The van der Waals surface area contributed by atoms with Crippen molar-refractivity contribution in [3.63, 3.8) is 0 Å². The summed E-state index contributed by atoms with van der Waals surface area (Å²) >= 11 is 1.69. The maximum absolute atomic E-state index is 4.33. The summed E-state index contributed by atoms with van der Waals surface area (Å²) in [7, 11) is 4.10. The molecule has 0 aliphatic rings. The van der Waals surface area contributed by atoms with E-state index in [1.807, 2.05) is 6.20 Å². The molecule has 0 saturated carbocycles. The standard InChI is InChI=1S/C9H12N4S/c1-13(2)5-7-3-11-9(14-7)8-4-10-6-12-8/h3-4,6H,5H2,1-2H3,(H,10,12). The molecule has 0 saturated heterocycles. The first-order valence-corrected chi connectivity index (χ1v) is 5.15. The van der Waals surface area contributed by atoms with E-state index in [0.717, 1.165) is 17.2 Å². The fraction of sp³-hybridized carbons (Fsp3) is 0.333. The Hall–Kier alpha value is -1.20. The molecule has 0 atom stereocenters. The van der Waals surface area contributed by atoms with Crippen molar-refractivity contribution < 1.29 is 0 Å². The van der Waals surface area contributed by atoms with Crippen molar-refractivity contribution in [2.24, 2.45) is 0 Å². The lowest BCUT2D eigenvalue weighted by molar-refractivity contribution is 0.406. The number of thiazole rings is 1. The number of rotatable bonds is 3. The molecule has 0 aliphatic heterocycles. The van der Waals surface area contributed by atoms with Crippen LogP contribution in [-0.4, -0.2) is 33.9 Å². The summed E-state index contributed by atoms with van der Waals surface area (Å²) < 4.78 is 0. The highest BCUT2D eigenvalue weighted by Gasteiger charge is 2.05. The van der Waals surface area contributed by atoms with Crippen molar-refractivity contribution in [3.8, 4) is 10.7 Å². The second-order valence-corrected chi connectivity index (χ2v) is 4.45. The van der Waals surface area contributed by atoms with Gasteiger partial charge >= 0.3 is 0 Å². The van der Waals surface area contributed by atoms with Crippen LogP contribution in [0.15, 0.2) is 18.7 Å². The van der Waals surface area contributed by atoms with Crippen LogP contribution in [0.3, 0.4) is 0 Å². The van der Waals surface area contributed by atoms with Crippen molar-refractivity contribution in [2.45, 2.75) is 6.54 Å². The lowest BCUT2D eigenvalue weighted by atomic mass is 10.5. The Kier molecular flexibility index (Phi) is 2.60. The monoisotopic (exact) mass is 208 g/mol. The number of nitrogens with one attached hydrogen (secondary N) is 1. The summed E-state index contributed by atoms with van der Waals surface area (Å²) in [4.78, 5) is 14.7. The molecule has 0 amide bonds. The Bertz CT molecular complexity index is 391. The van der Waals surface area contributed by atoms with Crippen LogP contribution in [0.1, 0.15) is 4.88 Å². The molecule has 0 spiro atoms. The van der Waals surface area contributed by atoms with E-state index in [0.29, 0.717) is 0 Å². The van der Waals surface area contributed by atoms with Crippen LogP contribution in [0.2, 0.25) is 0 Å². The molecule has 4 nitrogen and oxygen atoms in total. The van der Waals surface area contributed by atoms with Crippen molar-refractivity contribution >= 4 is 11.3 Å². The highest BCUT2D eigenvalue weighted by Crippen LogP contribution is 2.23. The molecular weight excluding hydrogens is 196 g/mol. The second kappa shape index (κ2) is 3.89. The average Bonchev–Trinajstić information content (AvgIpc) is 2.69. The minimum absolute atomic E-state index is 0.936. The zero-order valence-corrected chi connectivity index (χ0v) is 9.01. The molecule has 0 radical (unpaired) electrons. The quantitative estimate of drug-likeness (QED) is 0.833. The second-order valence-electron chi connectivity index (χ2n) is 3.33. The molecule has 1 N–H and O–H groups in total. The van der Waals surface area contributed by atoms with Crippen LogP contribution in [0.5, 0.6) is 0 Å². The normalized spacial score (nSPS) is 11.1. The zero-order valence-electron chi connectivity index (χ0n) is 8.19. The Morgan fingerprint density at radius 2 is 2.29 bits per heavy atom. The highest BCUT2D eigenvalue weighted by atomic mass is 32.1. The smallest absolute Gasteiger partial charge is 0.141 e. The first-order valence-electron chi connectivity index (χ1n) is 4.34. The van der Waals surface area contributed by atoms with Gasteiger partial charge in [-0.25, -0.2) is 9.97 Å². The predicted octanol–water partition coefficient (Wildman–Crippen LogP) is 1.59. The van der Waals surface area contributed by atoms with Crippen molar-refractivity contribution in [3.05, 3.63) is 23.6 Å². The van der Waals surface area contributed by atoms with Gasteiger partial charge in [0, 0.05) is 17.6 Å². The molecule has 2 rings (SSSR count). The van der Waals surface area contributed by atoms with Crippen LogP contribution >= 0.6 is 11.3 Å². The van der Waals surface area contributed by atoms with Crippen molar-refractivity contribution in [2.75, 3.05) is 14.1 Å². The summed E-state index contributed by atoms with van der Waals surface area (Å²) in [6.07, 6.45) is 5.38. The maximum Gasteiger partial charge on any atom is 0.141 e. The molecule has 2 aromatic rings. The van der Waals surface area contributed by atoms with E-state index in [2.05, 4.69) is 33.9 Å². The van der Waals surface area contributed by atoms with Gasteiger partial charge in [0.25, 0.3) is 0 Å². The Balaban J connectivity index is 2.18. The van der Waals surface area contributed by atoms with E-state index in [1.54, 1.807) is 23.9 Å². The summed E-state index contributed by atoms with van der Waals surface area (Å²) in [6, 6.07) is 0. The van der Waals surface area contributed by atoms with E-state index >= 15 is 0 Å². The Morgan fingerprint density at radius 1 is 1.43 bits per heavy atom. The molecular formula is C9H12N4S. The molecule has 0 aliphatic carbocycles. The largest absolute Gasteiger partial charge is 0.343 e. The fourth-order valence-electron chi connectivity index (χ4n) is 1.19. The number of aromatic nitrogens is 3. The minimum atomic E-state index is 0.936. The topological polar surface area (TPSA) is 44.8 Å². The van der Waals surface area contributed by atoms with E-state index in [-0.39, 0.29) is 0 Å². The third-order valence-electron chi connectivity index (χ3n) is 1.75. The van der Waals surface area contributed by atoms with Crippen LogP contribution in [0, 0.1) is 0 Å². The first-order chi connectivity index (χ1) is 6.75. The lowest BCUT2D eigenvalue weighted by Gasteiger charge is -2.05. The molecule has 0 fully saturated rings. The number of H-pyrrole nitrogens is 1. The minimum Gasteiger partial charge on any atom is -0.343 e. The number of hydrogen-bond acceptors (Lipinski definition) is 4. The number of nitrogens with zero attached hydrogens (tertiary/aromatic N) is 3. The van der Waals surface area contributed by atoms with E-state index in [9.17, 15) is 0 Å². The zero-order chi connectivity index (χ0) is 9.97. The first kappa shape index (κ1) is 9.36. The van der Waals surface area contributed by atoms with Gasteiger partial charge in [-0.05, 0) is 14.1 Å². The Morgan fingerprint density at radius 3 is 2.93 bits per heavy atom. The summed E-state index contributed by atoms with van der Waals surface area (Å²) in [5.74, 6) is 0. The number of imidazole rings is 1. The van der Waals surface area contributed by atoms with Crippen LogP contribution in [-0.2, 0) is 6.54 Å². The van der Waals surface area contributed by atoms with Crippen molar-refractivity contribution in [1.82, 2.24) is 19.9 Å². The summed E-state index contributed by atoms with van der Waals surface area (Å²) in [6.45, 7) is 0.936. The summed E-state index contributed by atoms with van der Waals surface area (Å²) in [5.41, 5.74) is 0.986. The molecule has 2 heterocycles. The van der Waals surface area contributed by atoms with Gasteiger partial charge in [-0.1, -0.05) is 0 Å². The molecule has 0 bridgehead atoms. The van der Waals surface area contributed by atoms with Gasteiger partial charge in [0.2, 0.25) is 0 Å². The SMILES string of the molecule is CN(C)Cc1cnc(-c2cnc[nH]2)s1. The van der Waals surface area contributed by atoms with Gasteiger partial charge in [0.05, 0.1) is 18.2 Å². The van der Waals surface area contributed by atoms with Gasteiger partial charge in [-0.3, -0.25) is 0 Å². The third-order valence-corrected chi connectivity index (χ3v) is 2.77. The maximum atomic E-state index is 4.33.